The van der Waals surface area contributed by atoms with Crippen LogP contribution in [0.1, 0.15) is 25.3 Å². The lowest BCUT2D eigenvalue weighted by Gasteiger charge is -2.33. The van der Waals surface area contributed by atoms with Crippen LogP contribution >= 0.6 is 11.8 Å². The Morgan fingerprint density at radius 3 is 2.26 bits per heavy atom. The summed E-state index contributed by atoms with van der Waals surface area (Å²) in [5.41, 5.74) is 2.06. The summed E-state index contributed by atoms with van der Waals surface area (Å²) in [6, 6.07) is 19.7. The zero-order valence-corrected chi connectivity index (χ0v) is 16.5. The third kappa shape index (κ3) is 5.60. The normalized spacial score (nSPS) is 16.0. The fourth-order valence-electron chi connectivity index (χ4n) is 3.25. The molecule has 0 aliphatic carbocycles. The predicted octanol–water partition coefficient (Wildman–Crippen LogP) is 4.19. The minimum absolute atomic E-state index is 0.0264. The molecule has 0 aromatic heterocycles. The van der Waals surface area contributed by atoms with Crippen LogP contribution in [0.3, 0.4) is 0 Å². The van der Waals surface area contributed by atoms with E-state index in [0.29, 0.717) is 13.1 Å². The van der Waals surface area contributed by atoms with Crippen LogP contribution in [0.4, 0.5) is 5.69 Å². The molecule has 142 valence electrons. The van der Waals surface area contributed by atoms with Gasteiger partial charge >= 0.3 is 0 Å². The van der Waals surface area contributed by atoms with E-state index >= 15 is 0 Å². The average Bonchev–Trinajstić information content (AvgIpc) is 2.73. The number of thioether (sulfide) groups is 1. The monoisotopic (exact) mass is 382 g/mol. The Balaban J connectivity index is 1.43. The van der Waals surface area contributed by atoms with Crippen molar-refractivity contribution in [2.45, 2.75) is 30.8 Å². The minimum Gasteiger partial charge on any atom is -0.342 e. The van der Waals surface area contributed by atoms with Gasteiger partial charge in [-0.3, -0.25) is 9.59 Å². The summed E-state index contributed by atoms with van der Waals surface area (Å²) in [5, 5.41) is 2.90. The van der Waals surface area contributed by atoms with Crippen molar-refractivity contribution < 1.29 is 9.59 Å². The smallest absolute Gasteiger partial charge is 0.235 e. The first kappa shape index (κ1) is 19.5. The maximum atomic E-state index is 12.7. The van der Waals surface area contributed by atoms with Crippen LogP contribution in [0.25, 0.3) is 0 Å². The molecular formula is C22H26N2O2S. The first-order chi connectivity index (χ1) is 13.1. The Labute approximate surface area is 165 Å². The maximum Gasteiger partial charge on any atom is 0.235 e. The molecule has 1 heterocycles. The maximum absolute atomic E-state index is 12.7. The van der Waals surface area contributed by atoms with E-state index in [2.05, 4.69) is 17.4 Å². The topological polar surface area (TPSA) is 49.4 Å². The lowest BCUT2D eigenvalue weighted by atomic mass is 9.95. The number of likely N-dealkylation sites (tertiary alicyclic amines) is 1. The van der Waals surface area contributed by atoms with Gasteiger partial charge in [0.25, 0.3) is 0 Å². The van der Waals surface area contributed by atoms with Crippen molar-refractivity contribution in [3.05, 3.63) is 66.2 Å². The van der Waals surface area contributed by atoms with Crippen LogP contribution in [0.5, 0.6) is 0 Å². The second kappa shape index (κ2) is 9.60. The van der Waals surface area contributed by atoms with Crippen molar-refractivity contribution in [3.63, 3.8) is 0 Å². The summed E-state index contributed by atoms with van der Waals surface area (Å²) < 4.78 is 0. The van der Waals surface area contributed by atoms with Crippen LogP contribution < -0.4 is 5.32 Å². The summed E-state index contributed by atoms with van der Waals surface area (Å²) in [7, 11) is 0. The van der Waals surface area contributed by atoms with Gasteiger partial charge < -0.3 is 10.2 Å². The Morgan fingerprint density at radius 2 is 1.63 bits per heavy atom. The van der Waals surface area contributed by atoms with E-state index in [1.165, 1.54) is 5.56 Å². The number of carbonyl (C=O) groups excluding carboxylic acids is 2. The van der Waals surface area contributed by atoms with Crippen molar-refractivity contribution in [3.8, 4) is 0 Å². The molecule has 27 heavy (non-hydrogen) atoms. The summed E-state index contributed by atoms with van der Waals surface area (Å²) in [4.78, 5) is 27.0. The fourth-order valence-corrected chi connectivity index (χ4v) is 4.18. The van der Waals surface area contributed by atoms with Crippen LogP contribution in [0.2, 0.25) is 0 Å². The Kier molecular flexibility index (Phi) is 6.93. The molecule has 4 nitrogen and oxygen atoms in total. The van der Waals surface area contributed by atoms with Gasteiger partial charge in [-0.2, -0.15) is 0 Å². The summed E-state index contributed by atoms with van der Waals surface area (Å²) in [5.74, 6) is 1.04. The molecule has 2 aromatic rings. The van der Waals surface area contributed by atoms with E-state index in [-0.39, 0.29) is 23.0 Å². The Morgan fingerprint density at radius 1 is 1.04 bits per heavy atom. The van der Waals surface area contributed by atoms with Crippen molar-refractivity contribution in [1.29, 1.82) is 0 Å². The number of amides is 2. The number of rotatable bonds is 6. The number of benzene rings is 2. The second-order valence-electron chi connectivity index (χ2n) is 6.89. The summed E-state index contributed by atoms with van der Waals surface area (Å²) in [6.45, 7) is 3.29. The van der Waals surface area contributed by atoms with Crippen molar-refractivity contribution in [1.82, 2.24) is 4.90 Å². The molecule has 2 aromatic carbocycles. The number of piperidine rings is 1. The summed E-state index contributed by atoms with van der Waals surface area (Å²) >= 11 is 1.67. The zero-order chi connectivity index (χ0) is 19.1. The third-order valence-corrected chi connectivity index (χ3v) is 6.11. The number of hydrogen-bond acceptors (Lipinski definition) is 3. The van der Waals surface area contributed by atoms with Crippen LogP contribution in [0.15, 0.2) is 60.7 Å². The Hall–Kier alpha value is -2.27. The highest BCUT2D eigenvalue weighted by Gasteiger charge is 2.29. The zero-order valence-electron chi connectivity index (χ0n) is 15.6. The highest BCUT2D eigenvalue weighted by Crippen LogP contribution is 2.24. The highest BCUT2D eigenvalue weighted by molar-refractivity contribution is 7.99. The third-order valence-electron chi connectivity index (χ3n) is 4.91. The number of anilines is 1. The van der Waals surface area contributed by atoms with Crippen LogP contribution in [-0.2, 0) is 15.3 Å². The first-order valence-corrected chi connectivity index (χ1v) is 10.5. The van der Waals surface area contributed by atoms with Crippen LogP contribution in [-0.4, -0.2) is 35.1 Å². The summed E-state index contributed by atoms with van der Waals surface area (Å²) in [6.07, 6.45) is 1.45. The predicted molar refractivity (Wildman–Crippen MR) is 112 cm³/mol. The lowest BCUT2D eigenvalue weighted by molar-refractivity contribution is -0.133. The average molecular weight is 383 g/mol. The molecule has 3 rings (SSSR count). The molecule has 0 saturated carbocycles. The first-order valence-electron chi connectivity index (χ1n) is 9.43. The fraction of sp³-hybridized carbons (Fsp3) is 0.364. The molecule has 1 N–H and O–H groups in total. The van der Waals surface area contributed by atoms with Crippen molar-refractivity contribution >= 4 is 29.3 Å². The molecule has 1 aliphatic heterocycles. The Bertz CT molecular complexity index is 743. The van der Waals surface area contributed by atoms with Gasteiger partial charge in [-0.05, 0) is 37.5 Å². The van der Waals surface area contributed by atoms with Gasteiger partial charge in [-0.15, -0.1) is 11.8 Å². The number of nitrogens with zero attached hydrogens (tertiary/aromatic N) is 1. The molecule has 5 heteroatoms. The SMILES string of the molecule is CC(SCc1ccccc1)C(=O)N1CCC(C(=O)Nc2ccccc2)CC1. The molecule has 0 bridgehead atoms. The number of hydrogen-bond donors (Lipinski definition) is 1. The highest BCUT2D eigenvalue weighted by atomic mass is 32.2. The number of para-hydroxylation sites is 1. The molecule has 0 radical (unpaired) electrons. The van der Waals surface area contributed by atoms with E-state index in [1.54, 1.807) is 11.8 Å². The van der Waals surface area contributed by atoms with Gasteiger partial charge in [0.05, 0.1) is 5.25 Å². The molecule has 0 spiro atoms. The van der Waals surface area contributed by atoms with Crippen molar-refractivity contribution in [2.75, 3.05) is 18.4 Å². The van der Waals surface area contributed by atoms with E-state index in [1.807, 2.05) is 60.4 Å². The molecule has 1 aliphatic rings. The van der Waals surface area contributed by atoms with Crippen LogP contribution in [0, 0.1) is 5.92 Å². The van der Waals surface area contributed by atoms with Gasteiger partial charge in [0.1, 0.15) is 0 Å². The number of nitrogens with one attached hydrogen (secondary N) is 1. The van der Waals surface area contributed by atoms with E-state index in [9.17, 15) is 9.59 Å². The quantitative estimate of drug-likeness (QED) is 0.815. The van der Waals surface area contributed by atoms with Crippen molar-refractivity contribution in [2.24, 2.45) is 5.92 Å². The minimum atomic E-state index is -0.0695. The standard InChI is InChI=1S/C22H26N2O2S/c1-17(27-16-18-8-4-2-5-9-18)22(26)24-14-12-19(13-15-24)21(25)23-20-10-6-3-7-11-20/h2-11,17,19H,12-16H2,1H3,(H,23,25). The van der Waals surface area contributed by atoms with E-state index < -0.39 is 0 Å². The largest absolute Gasteiger partial charge is 0.342 e. The van der Waals surface area contributed by atoms with Gasteiger partial charge in [-0.25, -0.2) is 0 Å². The molecule has 1 fully saturated rings. The molecule has 1 unspecified atom stereocenters. The van der Waals surface area contributed by atoms with E-state index in [4.69, 9.17) is 0 Å². The molecular weight excluding hydrogens is 356 g/mol. The van der Waals surface area contributed by atoms with E-state index in [0.717, 1.165) is 24.3 Å². The van der Waals surface area contributed by atoms with Gasteiger partial charge in [0.15, 0.2) is 0 Å². The van der Waals surface area contributed by atoms with Gasteiger partial charge in [-0.1, -0.05) is 48.5 Å². The molecule has 2 amide bonds. The second-order valence-corrected chi connectivity index (χ2v) is 8.22. The van der Waals surface area contributed by atoms with Gasteiger partial charge in [0.2, 0.25) is 11.8 Å². The lowest BCUT2D eigenvalue weighted by Crippen LogP contribution is -2.44. The molecule has 1 atom stereocenters. The molecule has 1 saturated heterocycles. The van der Waals surface area contributed by atoms with Gasteiger partial charge in [0, 0.05) is 30.4 Å². The number of carbonyl (C=O) groups is 2.